The van der Waals surface area contributed by atoms with Gasteiger partial charge in [-0.2, -0.15) is 5.10 Å². The Hall–Kier alpha value is -1.81. The second kappa shape index (κ2) is 5.23. The van der Waals surface area contributed by atoms with Gasteiger partial charge in [0.2, 0.25) is 0 Å². The van der Waals surface area contributed by atoms with Crippen LogP contribution in [0.3, 0.4) is 0 Å². The molecule has 4 nitrogen and oxygen atoms in total. The maximum absolute atomic E-state index is 10.3. The molecule has 0 radical (unpaired) electrons. The van der Waals surface area contributed by atoms with Gasteiger partial charge in [-0.1, -0.05) is 12.1 Å². The smallest absolute Gasteiger partial charge is 0.118 e. The van der Waals surface area contributed by atoms with E-state index in [4.69, 9.17) is 4.74 Å². The molecule has 1 aromatic heterocycles. The van der Waals surface area contributed by atoms with Gasteiger partial charge in [0, 0.05) is 6.20 Å². The minimum absolute atomic E-state index is 0.105. The molecular weight excluding hydrogens is 228 g/mol. The number of aromatic nitrogens is 2. The number of hydrogen-bond donors (Lipinski definition) is 1. The van der Waals surface area contributed by atoms with E-state index in [1.165, 1.54) is 0 Å². The summed E-state index contributed by atoms with van der Waals surface area (Å²) in [5.74, 6) is 0.786. The van der Waals surface area contributed by atoms with E-state index in [-0.39, 0.29) is 6.04 Å². The summed E-state index contributed by atoms with van der Waals surface area (Å²) in [4.78, 5) is 0. The molecule has 2 aromatic rings. The third-order valence-corrected chi connectivity index (χ3v) is 3.06. The summed E-state index contributed by atoms with van der Waals surface area (Å²) in [6, 6.07) is 7.33. The van der Waals surface area contributed by atoms with E-state index in [1.54, 1.807) is 18.0 Å². The van der Waals surface area contributed by atoms with Crippen molar-refractivity contribution in [3.63, 3.8) is 0 Å². The number of benzene rings is 1. The van der Waals surface area contributed by atoms with Gasteiger partial charge in [0.25, 0.3) is 0 Å². The lowest BCUT2D eigenvalue weighted by Crippen LogP contribution is -2.15. The van der Waals surface area contributed by atoms with Gasteiger partial charge in [-0.05, 0) is 37.1 Å². The fourth-order valence-electron chi connectivity index (χ4n) is 1.88. The van der Waals surface area contributed by atoms with E-state index in [0.717, 1.165) is 16.9 Å². The Morgan fingerprint density at radius 3 is 2.44 bits per heavy atom. The minimum atomic E-state index is -0.588. The van der Waals surface area contributed by atoms with Gasteiger partial charge in [-0.3, -0.25) is 4.68 Å². The summed E-state index contributed by atoms with van der Waals surface area (Å²) in [6.07, 6.45) is 3.13. The molecule has 0 bridgehead atoms. The van der Waals surface area contributed by atoms with Crippen molar-refractivity contribution in [3.8, 4) is 5.75 Å². The average molecular weight is 246 g/mol. The number of aliphatic hydroxyl groups excluding tert-OH is 1. The highest BCUT2D eigenvalue weighted by molar-refractivity contribution is 5.28. The van der Waals surface area contributed by atoms with Crippen LogP contribution in [0, 0.1) is 6.92 Å². The first-order chi connectivity index (χ1) is 8.61. The van der Waals surface area contributed by atoms with E-state index in [9.17, 15) is 5.11 Å². The zero-order valence-electron chi connectivity index (χ0n) is 10.9. The molecule has 2 atom stereocenters. The van der Waals surface area contributed by atoms with Gasteiger partial charge in [-0.15, -0.1) is 0 Å². The highest BCUT2D eigenvalue weighted by atomic mass is 16.5. The monoisotopic (exact) mass is 246 g/mol. The first kappa shape index (κ1) is 12.6. The van der Waals surface area contributed by atoms with Gasteiger partial charge in [0.05, 0.1) is 19.3 Å². The van der Waals surface area contributed by atoms with Gasteiger partial charge >= 0.3 is 0 Å². The topological polar surface area (TPSA) is 47.3 Å². The van der Waals surface area contributed by atoms with Crippen molar-refractivity contribution < 1.29 is 9.84 Å². The first-order valence-corrected chi connectivity index (χ1v) is 5.94. The van der Waals surface area contributed by atoms with Crippen molar-refractivity contribution in [1.82, 2.24) is 9.78 Å². The summed E-state index contributed by atoms with van der Waals surface area (Å²) < 4.78 is 6.88. The van der Waals surface area contributed by atoms with Gasteiger partial charge in [-0.25, -0.2) is 0 Å². The maximum Gasteiger partial charge on any atom is 0.118 e. The van der Waals surface area contributed by atoms with E-state index >= 15 is 0 Å². The van der Waals surface area contributed by atoms with Crippen LogP contribution in [-0.4, -0.2) is 22.0 Å². The highest BCUT2D eigenvalue weighted by Gasteiger charge is 2.18. The molecule has 0 saturated carbocycles. The first-order valence-electron chi connectivity index (χ1n) is 5.94. The summed E-state index contributed by atoms with van der Waals surface area (Å²) in [5, 5.41) is 14.5. The molecule has 2 rings (SSSR count). The predicted octanol–water partition coefficient (Wildman–Crippen LogP) is 2.49. The molecule has 0 aliphatic rings. The number of nitrogens with zero attached hydrogens (tertiary/aromatic N) is 2. The molecule has 1 N–H and O–H groups in total. The van der Waals surface area contributed by atoms with Crippen LogP contribution in [0.25, 0.3) is 0 Å². The van der Waals surface area contributed by atoms with Crippen molar-refractivity contribution in [2.24, 2.45) is 0 Å². The van der Waals surface area contributed by atoms with Crippen LogP contribution in [0.1, 0.15) is 30.2 Å². The normalized spacial score (nSPS) is 14.2. The van der Waals surface area contributed by atoms with Crippen LogP contribution in [-0.2, 0) is 0 Å². The Bertz CT molecular complexity index is 505. The highest BCUT2D eigenvalue weighted by Crippen LogP contribution is 2.26. The number of ether oxygens (including phenoxy) is 1. The zero-order chi connectivity index (χ0) is 13.1. The van der Waals surface area contributed by atoms with E-state index in [0.29, 0.717) is 0 Å². The van der Waals surface area contributed by atoms with E-state index < -0.39 is 6.10 Å². The lowest BCUT2D eigenvalue weighted by atomic mass is 10.0. The molecule has 1 aromatic carbocycles. The molecule has 96 valence electrons. The number of rotatable bonds is 4. The molecule has 0 saturated heterocycles. The molecular formula is C14H18N2O2. The second-order valence-electron chi connectivity index (χ2n) is 4.46. The quantitative estimate of drug-likeness (QED) is 0.901. The summed E-state index contributed by atoms with van der Waals surface area (Å²) in [7, 11) is 1.63. The summed E-state index contributed by atoms with van der Waals surface area (Å²) in [5.41, 5.74) is 1.94. The SMILES string of the molecule is COc1ccc(C(O)C(C)n2cc(C)cn2)cc1. The molecule has 0 aliphatic carbocycles. The Kier molecular flexibility index (Phi) is 3.67. The molecule has 0 amide bonds. The van der Waals surface area contributed by atoms with E-state index in [1.807, 2.05) is 44.3 Å². The second-order valence-corrected chi connectivity index (χ2v) is 4.46. The van der Waals surface area contributed by atoms with Crippen molar-refractivity contribution in [2.75, 3.05) is 7.11 Å². The average Bonchev–Trinajstić information content (AvgIpc) is 2.84. The zero-order valence-corrected chi connectivity index (χ0v) is 10.9. The van der Waals surface area contributed by atoms with Crippen LogP contribution in [0.4, 0.5) is 0 Å². The maximum atomic E-state index is 10.3. The minimum Gasteiger partial charge on any atom is -0.497 e. The van der Waals surface area contributed by atoms with Gasteiger partial charge in [0.15, 0.2) is 0 Å². The summed E-state index contributed by atoms with van der Waals surface area (Å²) >= 11 is 0. The van der Waals surface area contributed by atoms with E-state index in [2.05, 4.69) is 5.10 Å². The summed E-state index contributed by atoms with van der Waals surface area (Å²) in [6.45, 7) is 3.93. The number of aliphatic hydroxyl groups is 1. The fraction of sp³-hybridized carbons (Fsp3) is 0.357. The predicted molar refractivity (Wildman–Crippen MR) is 69.6 cm³/mol. The number of aryl methyl sites for hydroxylation is 1. The third-order valence-electron chi connectivity index (χ3n) is 3.06. The molecule has 2 unspecified atom stereocenters. The van der Waals surface area contributed by atoms with Gasteiger partial charge in [0.1, 0.15) is 11.9 Å². The van der Waals surface area contributed by atoms with Crippen molar-refractivity contribution in [2.45, 2.75) is 26.0 Å². The van der Waals surface area contributed by atoms with Crippen LogP contribution < -0.4 is 4.74 Å². The molecule has 1 heterocycles. The largest absolute Gasteiger partial charge is 0.497 e. The Labute approximate surface area is 107 Å². The lowest BCUT2D eigenvalue weighted by molar-refractivity contribution is 0.115. The molecule has 0 spiro atoms. The van der Waals surface area contributed by atoms with Crippen LogP contribution >= 0.6 is 0 Å². The Morgan fingerprint density at radius 1 is 1.28 bits per heavy atom. The van der Waals surface area contributed by atoms with Gasteiger partial charge < -0.3 is 9.84 Å². The van der Waals surface area contributed by atoms with Crippen LogP contribution in [0.15, 0.2) is 36.7 Å². The Balaban J connectivity index is 2.16. The van der Waals surface area contributed by atoms with Crippen molar-refractivity contribution in [3.05, 3.63) is 47.8 Å². The fourth-order valence-corrected chi connectivity index (χ4v) is 1.88. The molecule has 4 heteroatoms. The lowest BCUT2D eigenvalue weighted by Gasteiger charge is -2.19. The standard InChI is InChI=1S/C14H18N2O2/c1-10-8-15-16(9-10)11(2)14(17)12-4-6-13(18-3)7-5-12/h4-9,11,14,17H,1-3H3. The number of methoxy groups -OCH3 is 1. The van der Waals surface area contributed by atoms with Crippen molar-refractivity contribution >= 4 is 0 Å². The molecule has 18 heavy (non-hydrogen) atoms. The Morgan fingerprint density at radius 2 is 1.94 bits per heavy atom. The molecule has 0 aliphatic heterocycles. The number of hydrogen-bond acceptors (Lipinski definition) is 3. The molecule has 0 fully saturated rings. The van der Waals surface area contributed by atoms with Crippen LogP contribution in [0.2, 0.25) is 0 Å². The third kappa shape index (κ3) is 2.54. The van der Waals surface area contributed by atoms with Crippen molar-refractivity contribution in [1.29, 1.82) is 0 Å². The van der Waals surface area contributed by atoms with Crippen LogP contribution in [0.5, 0.6) is 5.75 Å².